The van der Waals surface area contributed by atoms with E-state index in [-0.39, 0.29) is 30.2 Å². The molecule has 0 radical (unpaired) electrons. The van der Waals surface area contributed by atoms with Gasteiger partial charge in [-0.15, -0.1) is 31.7 Å². The molecule has 0 aromatic heterocycles. The Labute approximate surface area is 164 Å². The van der Waals surface area contributed by atoms with Crippen molar-refractivity contribution in [3.8, 4) is 0 Å². The third-order valence-corrected chi connectivity index (χ3v) is 4.77. The van der Waals surface area contributed by atoms with E-state index < -0.39 is 0 Å². The summed E-state index contributed by atoms with van der Waals surface area (Å²) < 4.78 is 2.00. The molecule has 0 nitrogen and oxygen atoms in total. The molecule has 0 heterocycles. The van der Waals surface area contributed by atoms with E-state index in [1.165, 1.54) is 27.8 Å². The fourth-order valence-corrected chi connectivity index (χ4v) is 3.31. The smallest absolute Gasteiger partial charge is 0.147 e. The van der Waals surface area contributed by atoms with Crippen LogP contribution in [0, 0.1) is 11.5 Å². The first-order valence-electron chi connectivity index (χ1n) is 7.48. The van der Waals surface area contributed by atoms with Crippen LogP contribution >= 0.6 is 24.8 Å². The molecule has 23 heavy (non-hydrogen) atoms. The number of benzene rings is 1. The van der Waals surface area contributed by atoms with Gasteiger partial charge in [0.25, 0.3) is 0 Å². The van der Waals surface area contributed by atoms with Crippen molar-refractivity contribution < 1.29 is 20.0 Å². The molecule has 0 N–H and O–H groups in total. The van der Waals surface area contributed by atoms with Crippen molar-refractivity contribution in [3.05, 3.63) is 64.3 Å². The molecule has 0 saturated heterocycles. The van der Waals surface area contributed by atoms with Gasteiger partial charge in [0.1, 0.15) is 0 Å². The van der Waals surface area contributed by atoms with Gasteiger partial charge in [0, 0.05) is 0 Å². The second-order valence-corrected chi connectivity index (χ2v) is 6.86. The van der Waals surface area contributed by atoms with Crippen LogP contribution in [0.15, 0.2) is 47.1 Å². The molecule has 0 fully saturated rings. The number of allylic oxidation sites excluding steroid dienone is 5. The van der Waals surface area contributed by atoms with Gasteiger partial charge >= 0.3 is 31.2 Å². The Balaban J connectivity index is 0.000000902. The molecule has 3 heteroatoms. The predicted octanol–water partition coefficient (Wildman–Crippen LogP) is 6.10. The molecule has 2 aliphatic rings. The van der Waals surface area contributed by atoms with Crippen molar-refractivity contribution in [1.82, 2.24) is 0 Å². The maximum Gasteiger partial charge on any atom is -0.147 e. The van der Waals surface area contributed by atoms with Crippen molar-refractivity contribution in [3.63, 3.8) is 0 Å². The van der Waals surface area contributed by atoms with Crippen LogP contribution in [0.3, 0.4) is 0 Å². The van der Waals surface area contributed by atoms with Crippen LogP contribution in [0.1, 0.15) is 51.7 Å². The summed E-state index contributed by atoms with van der Waals surface area (Å²) in [6.45, 7) is 11.0. The fourth-order valence-electron chi connectivity index (χ4n) is 3.31. The molecule has 3 rings (SSSR count). The number of hydrogen-bond acceptors (Lipinski definition) is 0. The standard InChI is InChI=1S/C18H19.C2H4.2ClH.Ti/c1-12-11-18(4,14(3)13(12)2)17-10-9-15-7-5-6-8-16(15)17;1-2;;;/h5-10,17H,1-4H3;1H,2H3;2*1H;/q-1;;;;+1. The van der Waals surface area contributed by atoms with Gasteiger partial charge in [0.15, 0.2) is 0 Å². The van der Waals surface area contributed by atoms with E-state index >= 15 is 0 Å². The zero-order valence-corrected chi connectivity index (χ0v) is 17.6. The van der Waals surface area contributed by atoms with Crippen LogP contribution in [0.5, 0.6) is 0 Å². The van der Waals surface area contributed by atoms with Gasteiger partial charge in [-0.1, -0.05) is 62.6 Å². The van der Waals surface area contributed by atoms with Crippen LogP contribution in [0.2, 0.25) is 0 Å². The second-order valence-electron chi connectivity index (χ2n) is 5.96. The Kier molecular flexibility index (Phi) is 9.02. The Morgan fingerprint density at radius 2 is 1.70 bits per heavy atom. The zero-order valence-electron chi connectivity index (χ0n) is 14.4. The first-order chi connectivity index (χ1) is 9.95. The monoisotopic (exact) mass is 383 g/mol. The first-order valence-corrected chi connectivity index (χ1v) is 8.38. The number of fused-ring (bicyclic) bond motifs is 1. The molecule has 123 valence electrons. The Bertz CT molecular complexity index is 655. The predicted molar refractivity (Wildman–Crippen MR) is 103 cm³/mol. The van der Waals surface area contributed by atoms with E-state index in [9.17, 15) is 0 Å². The molecule has 1 aromatic rings. The van der Waals surface area contributed by atoms with Crippen LogP contribution in [-0.4, -0.2) is 4.31 Å². The number of rotatable bonds is 1. The van der Waals surface area contributed by atoms with Crippen molar-refractivity contribution in [2.24, 2.45) is 5.41 Å². The van der Waals surface area contributed by atoms with Gasteiger partial charge in [-0.05, 0) is 17.0 Å². The fraction of sp³-hybridized carbons (Fsp3) is 0.350. The molecule has 1 aromatic carbocycles. The first kappa shape index (κ1) is 22.6. The molecule has 0 bridgehead atoms. The van der Waals surface area contributed by atoms with Crippen molar-refractivity contribution in [2.75, 3.05) is 0 Å². The van der Waals surface area contributed by atoms with Gasteiger partial charge in [0.05, 0.1) is 0 Å². The van der Waals surface area contributed by atoms with E-state index in [2.05, 4.69) is 70.2 Å². The molecule has 2 aliphatic carbocycles. The topological polar surface area (TPSA) is 0 Å². The van der Waals surface area contributed by atoms with E-state index in [1.54, 1.807) is 0 Å². The minimum absolute atomic E-state index is 0. The maximum absolute atomic E-state index is 3.70. The summed E-state index contributed by atoms with van der Waals surface area (Å²) in [7, 11) is 0. The summed E-state index contributed by atoms with van der Waals surface area (Å²) in [6.07, 6.45) is 8.30. The Hall–Kier alpha value is -0.396. The zero-order chi connectivity index (χ0) is 15.6. The van der Waals surface area contributed by atoms with Crippen LogP contribution < -0.4 is 0 Å². The van der Waals surface area contributed by atoms with Gasteiger partial charge in [-0.25, -0.2) is 5.57 Å². The molecule has 0 spiro atoms. The third kappa shape index (κ3) is 4.17. The molecule has 2 atom stereocenters. The molecule has 0 saturated carbocycles. The SMILES string of the molecule is CC1=[C-]C(C)(C2C=Cc3ccccc32)C(C)=C1C.C[CH]=[Ti+].Cl.Cl. The average Bonchev–Trinajstić information content (AvgIpc) is 2.97. The summed E-state index contributed by atoms with van der Waals surface area (Å²) >= 11 is 2.00. The average molecular weight is 384 g/mol. The molecule has 2 unspecified atom stereocenters. The number of hydrogen-bond donors (Lipinski definition) is 0. The van der Waals surface area contributed by atoms with Gasteiger partial charge in [0.2, 0.25) is 0 Å². The molecule has 0 aliphatic heterocycles. The summed E-state index contributed by atoms with van der Waals surface area (Å²) in [5.74, 6) is 0.432. The van der Waals surface area contributed by atoms with Crippen molar-refractivity contribution >= 4 is 35.2 Å². The van der Waals surface area contributed by atoms with E-state index in [0.717, 1.165) is 0 Å². The summed E-state index contributed by atoms with van der Waals surface area (Å²) in [4.78, 5) is 0. The summed E-state index contributed by atoms with van der Waals surface area (Å²) in [5.41, 5.74) is 7.02. The second kappa shape index (κ2) is 9.18. The van der Waals surface area contributed by atoms with Gasteiger partial charge in [-0.3, -0.25) is 6.08 Å². The maximum atomic E-state index is 3.70. The van der Waals surface area contributed by atoms with E-state index in [1.807, 2.05) is 31.2 Å². The van der Waals surface area contributed by atoms with Crippen LogP contribution in [0.4, 0.5) is 0 Å². The van der Waals surface area contributed by atoms with Crippen LogP contribution in [-0.2, 0) is 20.0 Å². The molecular formula is C20H25Cl2Ti. The molecule has 0 amide bonds. The van der Waals surface area contributed by atoms with Gasteiger partial charge < -0.3 is 0 Å². The van der Waals surface area contributed by atoms with Crippen molar-refractivity contribution in [2.45, 2.75) is 40.5 Å². The summed E-state index contributed by atoms with van der Waals surface area (Å²) in [5, 5.41) is 0. The minimum atomic E-state index is 0. The van der Waals surface area contributed by atoms with E-state index in [0.29, 0.717) is 5.92 Å². The van der Waals surface area contributed by atoms with Gasteiger partial charge in [-0.2, -0.15) is 11.1 Å². The largest absolute Gasteiger partial charge is 0.147 e. The quantitative estimate of drug-likeness (QED) is 0.405. The van der Waals surface area contributed by atoms with Crippen LogP contribution in [0.25, 0.3) is 6.08 Å². The summed E-state index contributed by atoms with van der Waals surface area (Å²) in [6, 6.07) is 8.71. The van der Waals surface area contributed by atoms with Crippen molar-refractivity contribution in [1.29, 1.82) is 0 Å². The third-order valence-electron chi connectivity index (χ3n) is 4.77. The molecular weight excluding hydrogens is 359 g/mol. The normalized spacial score (nSPS) is 24.0. The minimum Gasteiger partial charge on any atom is -0.147 e. The Morgan fingerprint density at radius 1 is 1.13 bits per heavy atom. The van der Waals surface area contributed by atoms with E-state index in [4.69, 9.17) is 0 Å². The number of halogens is 2. The Morgan fingerprint density at radius 3 is 2.22 bits per heavy atom.